The molecule has 1 rings (SSSR count). The van der Waals surface area contributed by atoms with E-state index in [0.29, 0.717) is 0 Å². The molecule has 48 valence electrons. The van der Waals surface area contributed by atoms with Crippen molar-refractivity contribution in [2.75, 3.05) is 6.54 Å². The Bertz CT molecular complexity index is 70.8. The first-order valence-corrected chi connectivity index (χ1v) is 2.86. The molecule has 1 aliphatic rings. The van der Waals surface area contributed by atoms with Crippen LogP contribution >= 0.6 is 0 Å². The molecule has 0 aromatic carbocycles. The second kappa shape index (κ2) is 2.42. The van der Waals surface area contributed by atoms with Crippen LogP contribution in [0.4, 0.5) is 4.39 Å². The van der Waals surface area contributed by atoms with E-state index < -0.39 is 6.36 Å². The van der Waals surface area contributed by atoms with Crippen LogP contribution in [-0.2, 0) is 0 Å². The molecular formula is C5H10FNO. The fourth-order valence-electron chi connectivity index (χ4n) is 0.946. The number of halogens is 1. The monoisotopic (exact) mass is 119 g/mol. The first-order valence-electron chi connectivity index (χ1n) is 2.86. The van der Waals surface area contributed by atoms with Crippen LogP contribution in [-0.4, -0.2) is 24.1 Å². The van der Waals surface area contributed by atoms with Crippen LogP contribution in [0.2, 0.25) is 0 Å². The maximum atomic E-state index is 11.9. The Labute approximate surface area is 47.7 Å². The van der Waals surface area contributed by atoms with Crippen molar-refractivity contribution in [1.29, 1.82) is 0 Å². The second-order valence-corrected chi connectivity index (χ2v) is 2.08. The zero-order chi connectivity index (χ0) is 5.98. The van der Waals surface area contributed by atoms with Crippen molar-refractivity contribution in [3.05, 3.63) is 0 Å². The van der Waals surface area contributed by atoms with Gasteiger partial charge in [-0.05, 0) is 19.4 Å². The first-order chi connectivity index (χ1) is 3.80. The number of nitrogens with one attached hydrogen (secondary N) is 1. The van der Waals surface area contributed by atoms with Crippen LogP contribution in [0, 0.1) is 0 Å². The first kappa shape index (κ1) is 5.98. The maximum absolute atomic E-state index is 11.9. The third-order valence-electron chi connectivity index (χ3n) is 1.43. The number of hydrogen-bond donors (Lipinski definition) is 2. The molecule has 2 N–H and O–H groups in total. The van der Waals surface area contributed by atoms with Gasteiger partial charge < -0.3 is 10.4 Å². The summed E-state index contributed by atoms with van der Waals surface area (Å²) in [5.41, 5.74) is 0. The minimum atomic E-state index is -1.67. The van der Waals surface area contributed by atoms with Crippen LogP contribution in [0.15, 0.2) is 0 Å². The topological polar surface area (TPSA) is 32.3 Å². The lowest BCUT2D eigenvalue weighted by molar-refractivity contribution is 0.0128. The van der Waals surface area contributed by atoms with E-state index in [1.54, 1.807) is 0 Å². The number of rotatable bonds is 1. The number of hydrogen-bond acceptors (Lipinski definition) is 2. The number of aliphatic hydroxyl groups excluding tert-OH is 1. The van der Waals surface area contributed by atoms with Crippen LogP contribution in [0.5, 0.6) is 0 Å². The summed E-state index contributed by atoms with van der Waals surface area (Å²) < 4.78 is 11.9. The van der Waals surface area contributed by atoms with E-state index in [0.717, 1.165) is 19.4 Å². The summed E-state index contributed by atoms with van der Waals surface area (Å²) in [7, 11) is 0. The van der Waals surface area contributed by atoms with Gasteiger partial charge in [-0.3, -0.25) is 0 Å². The smallest absolute Gasteiger partial charge is 0.211 e. The molecule has 1 aliphatic heterocycles. The van der Waals surface area contributed by atoms with Crippen molar-refractivity contribution >= 4 is 0 Å². The normalized spacial score (nSPS) is 33.0. The molecule has 1 fully saturated rings. The van der Waals surface area contributed by atoms with Gasteiger partial charge in [0.2, 0.25) is 6.36 Å². The summed E-state index contributed by atoms with van der Waals surface area (Å²) in [6.07, 6.45) is 0.0704. The van der Waals surface area contributed by atoms with Gasteiger partial charge in [0, 0.05) is 0 Å². The molecule has 0 spiro atoms. The molecule has 0 saturated carbocycles. The number of alkyl halides is 1. The van der Waals surface area contributed by atoms with Crippen molar-refractivity contribution < 1.29 is 9.50 Å². The molecule has 0 aromatic heterocycles. The van der Waals surface area contributed by atoms with Gasteiger partial charge in [0.25, 0.3) is 0 Å². The predicted molar refractivity (Wildman–Crippen MR) is 28.1 cm³/mol. The zero-order valence-corrected chi connectivity index (χ0v) is 4.60. The quantitative estimate of drug-likeness (QED) is 0.510. The molecule has 0 aliphatic carbocycles. The van der Waals surface area contributed by atoms with E-state index in [1.165, 1.54) is 0 Å². The van der Waals surface area contributed by atoms with Crippen molar-refractivity contribution in [2.24, 2.45) is 0 Å². The summed E-state index contributed by atoms with van der Waals surface area (Å²) in [6.45, 7) is 0.839. The molecule has 2 atom stereocenters. The molecule has 2 nitrogen and oxygen atoms in total. The molecule has 0 bridgehead atoms. The van der Waals surface area contributed by atoms with Gasteiger partial charge >= 0.3 is 0 Å². The third kappa shape index (κ3) is 1.17. The maximum Gasteiger partial charge on any atom is 0.211 e. The van der Waals surface area contributed by atoms with Gasteiger partial charge in [0.05, 0.1) is 6.04 Å². The van der Waals surface area contributed by atoms with Crippen LogP contribution in [0.3, 0.4) is 0 Å². The molecule has 2 unspecified atom stereocenters. The minimum absolute atomic E-state index is 0.296. The van der Waals surface area contributed by atoms with Crippen LogP contribution < -0.4 is 5.32 Å². The van der Waals surface area contributed by atoms with E-state index in [-0.39, 0.29) is 6.04 Å². The Kier molecular flexibility index (Phi) is 1.81. The fraction of sp³-hybridized carbons (Fsp3) is 1.00. The molecule has 0 aromatic rings. The van der Waals surface area contributed by atoms with Crippen molar-refractivity contribution in [2.45, 2.75) is 25.2 Å². The Morgan fingerprint density at radius 3 is 2.75 bits per heavy atom. The lowest BCUT2D eigenvalue weighted by atomic mass is 10.2. The number of aliphatic hydroxyl groups is 1. The molecule has 8 heavy (non-hydrogen) atoms. The average molecular weight is 119 g/mol. The highest BCUT2D eigenvalue weighted by Crippen LogP contribution is 2.08. The van der Waals surface area contributed by atoms with Gasteiger partial charge in [-0.2, -0.15) is 0 Å². The minimum Gasteiger partial charge on any atom is -0.363 e. The zero-order valence-electron chi connectivity index (χ0n) is 4.60. The van der Waals surface area contributed by atoms with Gasteiger partial charge in [-0.15, -0.1) is 0 Å². The van der Waals surface area contributed by atoms with E-state index in [4.69, 9.17) is 5.11 Å². The van der Waals surface area contributed by atoms with Crippen molar-refractivity contribution in [3.8, 4) is 0 Å². The summed E-state index contributed by atoms with van der Waals surface area (Å²) in [6, 6.07) is -0.296. The Morgan fingerprint density at radius 1 is 1.75 bits per heavy atom. The summed E-state index contributed by atoms with van der Waals surface area (Å²) >= 11 is 0. The van der Waals surface area contributed by atoms with Crippen LogP contribution in [0.1, 0.15) is 12.8 Å². The molecule has 1 saturated heterocycles. The van der Waals surface area contributed by atoms with Gasteiger partial charge in [0.15, 0.2) is 0 Å². The van der Waals surface area contributed by atoms with Crippen LogP contribution in [0.25, 0.3) is 0 Å². The molecular weight excluding hydrogens is 109 g/mol. The van der Waals surface area contributed by atoms with Gasteiger partial charge in [-0.25, -0.2) is 4.39 Å². The summed E-state index contributed by atoms with van der Waals surface area (Å²) in [5.74, 6) is 0. The highest BCUT2D eigenvalue weighted by Gasteiger charge is 2.21. The van der Waals surface area contributed by atoms with Crippen molar-refractivity contribution in [3.63, 3.8) is 0 Å². The SMILES string of the molecule is OC(F)C1CCCN1. The lowest BCUT2D eigenvalue weighted by Crippen LogP contribution is -2.31. The predicted octanol–water partition coefficient (Wildman–Crippen LogP) is 0.0263. The van der Waals surface area contributed by atoms with E-state index in [1.807, 2.05) is 0 Å². The highest BCUT2D eigenvalue weighted by atomic mass is 19.1. The third-order valence-corrected chi connectivity index (χ3v) is 1.43. The van der Waals surface area contributed by atoms with Gasteiger partial charge in [-0.1, -0.05) is 0 Å². The lowest BCUT2D eigenvalue weighted by Gasteiger charge is -2.08. The fourth-order valence-corrected chi connectivity index (χ4v) is 0.946. The average Bonchev–Trinajstić information content (AvgIpc) is 2.12. The van der Waals surface area contributed by atoms with Gasteiger partial charge in [0.1, 0.15) is 0 Å². The van der Waals surface area contributed by atoms with E-state index in [9.17, 15) is 4.39 Å². The van der Waals surface area contributed by atoms with E-state index >= 15 is 0 Å². The highest BCUT2D eigenvalue weighted by molar-refractivity contribution is 4.75. The molecule has 3 heteroatoms. The molecule has 0 amide bonds. The Morgan fingerprint density at radius 2 is 2.50 bits per heavy atom. The van der Waals surface area contributed by atoms with E-state index in [2.05, 4.69) is 5.32 Å². The van der Waals surface area contributed by atoms with Crippen molar-refractivity contribution in [1.82, 2.24) is 5.32 Å². The summed E-state index contributed by atoms with van der Waals surface area (Å²) in [4.78, 5) is 0. The second-order valence-electron chi connectivity index (χ2n) is 2.08. The largest absolute Gasteiger partial charge is 0.363 e. The summed E-state index contributed by atoms with van der Waals surface area (Å²) in [5, 5.41) is 11.2. The Hall–Kier alpha value is -0.150. The molecule has 0 radical (unpaired) electrons. The standard InChI is InChI=1S/C5H10FNO/c6-5(8)4-2-1-3-7-4/h4-5,7-8H,1-3H2. The molecule has 1 heterocycles. The Balaban J connectivity index is 2.24.